The molecule has 0 aromatic rings. The molecule has 0 spiro atoms. The Morgan fingerprint density at radius 3 is 2.43 bits per heavy atom. The Kier molecular flexibility index (Phi) is 9.41. The fourth-order valence-corrected chi connectivity index (χ4v) is 0.990. The number of unbranched alkanes of at least 4 members (excludes halogenated alkanes) is 4. The third-order valence-electron chi connectivity index (χ3n) is 1.84. The Hall–Kier alpha value is -0.970. The van der Waals surface area contributed by atoms with E-state index in [1.54, 1.807) is 0 Å². The summed E-state index contributed by atoms with van der Waals surface area (Å²) in [7, 11) is 1.41. The second-order valence-corrected chi connectivity index (χ2v) is 3.09. The molecule has 79 valence electrons. The van der Waals surface area contributed by atoms with Crippen LogP contribution in [0.15, 0.2) is 0 Å². The molecule has 0 aliphatic rings. The molecule has 2 heteroatoms. The molecule has 0 unspecified atom stereocenters. The fourth-order valence-electron chi connectivity index (χ4n) is 0.990. The van der Waals surface area contributed by atoms with E-state index in [0.717, 1.165) is 38.5 Å². The van der Waals surface area contributed by atoms with Crippen molar-refractivity contribution in [3.8, 4) is 11.8 Å². The number of hydrogen-bond donors (Lipinski definition) is 0. The van der Waals surface area contributed by atoms with E-state index in [9.17, 15) is 4.79 Å². The van der Waals surface area contributed by atoms with Crippen LogP contribution in [0, 0.1) is 18.8 Å². The molecule has 0 aromatic carbocycles. The van der Waals surface area contributed by atoms with Gasteiger partial charge >= 0.3 is 5.97 Å². The molecule has 1 radical (unpaired) electrons. The van der Waals surface area contributed by atoms with E-state index in [4.69, 9.17) is 0 Å². The van der Waals surface area contributed by atoms with Gasteiger partial charge in [0.15, 0.2) is 0 Å². The topological polar surface area (TPSA) is 26.3 Å². The number of methoxy groups -OCH3 is 1. The summed E-state index contributed by atoms with van der Waals surface area (Å²) in [5.74, 6) is 5.98. The lowest BCUT2D eigenvalue weighted by molar-refractivity contribution is -0.140. The van der Waals surface area contributed by atoms with Crippen LogP contribution in [0.3, 0.4) is 0 Å². The molecule has 0 saturated carbocycles. The zero-order valence-corrected chi connectivity index (χ0v) is 8.97. The van der Waals surface area contributed by atoms with Crippen molar-refractivity contribution in [1.29, 1.82) is 0 Å². The van der Waals surface area contributed by atoms with Gasteiger partial charge in [-0.25, -0.2) is 0 Å². The molecule has 0 saturated heterocycles. The van der Waals surface area contributed by atoms with Gasteiger partial charge in [-0.3, -0.25) is 4.79 Å². The first kappa shape index (κ1) is 13.0. The highest BCUT2D eigenvalue weighted by molar-refractivity contribution is 5.69. The van der Waals surface area contributed by atoms with Crippen molar-refractivity contribution < 1.29 is 9.53 Å². The maximum absolute atomic E-state index is 10.7. The quantitative estimate of drug-likeness (QED) is 0.370. The SMILES string of the molecule is [CH2]CCCCC#CCCCC(=O)OC. The Morgan fingerprint density at radius 1 is 1.21 bits per heavy atom. The molecule has 0 fully saturated rings. The first-order valence-electron chi connectivity index (χ1n) is 5.13. The van der Waals surface area contributed by atoms with E-state index in [1.807, 2.05) is 0 Å². The van der Waals surface area contributed by atoms with Crippen molar-refractivity contribution in [1.82, 2.24) is 0 Å². The van der Waals surface area contributed by atoms with Gasteiger partial charge in [-0.2, -0.15) is 0 Å². The van der Waals surface area contributed by atoms with Gasteiger partial charge in [-0.05, 0) is 12.8 Å². The number of ether oxygens (including phenoxy) is 1. The average Bonchev–Trinajstić information content (AvgIpc) is 2.21. The van der Waals surface area contributed by atoms with E-state index < -0.39 is 0 Å². The van der Waals surface area contributed by atoms with Gasteiger partial charge in [0, 0.05) is 19.3 Å². The molecular weight excluding hydrogens is 176 g/mol. The van der Waals surface area contributed by atoms with Crippen molar-refractivity contribution in [3.05, 3.63) is 6.92 Å². The predicted molar refractivity (Wildman–Crippen MR) is 57.5 cm³/mol. The molecule has 0 aliphatic heterocycles. The van der Waals surface area contributed by atoms with E-state index in [1.165, 1.54) is 7.11 Å². The van der Waals surface area contributed by atoms with E-state index in [-0.39, 0.29) is 5.97 Å². The lowest BCUT2D eigenvalue weighted by Crippen LogP contribution is -1.98. The fraction of sp³-hybridized carbons (Fsp3) is 0.667. The van der Waals surface area contributed by atoms with Crippen molar-refractivity contribution in [2.24, 2.45) is 0 Å². The number of rotatable bonds is 6. The largest absolute Gasteiger partial charge is 0.469 e. The van der Waals surface area contributed by atoms with Gasteiger partial charge < -0.3 is 4.74 Å². The molecule has 0 aromatic heterocycles. The molecule has 0 amide bonds. The molecule has 0 rings (SSSR count). The molecule has 0 atom stereocenters. The Labute approximate surface area is 87.0 Å². The highest BCUT2D eigenvalue weighted by atomic mass is 16.5. The highest BCUT2D eigenvalue weighted by Gasteiger charge is 1.96. The van der Waals surface area contributed by atoms with Crippen molar-refractivity contribution in [3.63, 3.8) is 0 Å². The smallest absolute Gasteiger partial charge is 0.305 e. The van der Waals surface area contributed by atoms with Crippen molar-refractivity contribution >= 4 is 5.97 Å². The molecule has 0 N–H and O–H groups in total. The predicted octanol–water partition coefficient (Wildman–Crippen LogP) is 2.73. The minimum absolute atomic E-state index is 0.149. The van der Waals surface area contributed by atoms with Crippen LogP contribution in [0.25, 0.3) is 0 Å². The Balaban J connectivity index is 3.21. The minimum Gasteiger partial charge on any atom is -0.469 e. The number of esters is 1. The van der Waals surface area contributed by atoms with E-state index in [2.05, 4.69) is 23.5 Å². The first-order chi connectivity index (χ1) is 6.81. The van der Waals surface area contributed by atoms with Crippen LogP contribution in [0.2, 0.25) is 0 Å². The van der Waals surface area contributed by atoms with E-state index in [0.29, 0.717) is 6.42 Å². The first-order valence-corrected chi connectivity index (χ1v) is 5.13. The van der Waals surface area contributed by atoms with Gasteiger partial charge in [0.25, 0.3) is 0 Å². The van der Waals surface area contributed by atoms with Gasteiger partial charge in [-0.15, -0.1) is 11.8 Å². The number of carbonyl (C=O) groups excluding carboxylic acids is 1. The Morgan fingerprint density at radius 2 is 1.86 bits per heavy atom. The standard InChI is InChI=1S/C12H19O2/c1-3-4-5-6-7-8-9-10-11-12(13)14-2/h1,3-6,9-11H2,2H3. The zero-order chi connectivity index (χ0) is 10.6. The van der Waals surface area contributed by atoms with Crippen LogP contribution >= 0.6 is 0 Å². The normalized spacial score (nSPS) is 9.00. The number of carbonyl (C=O) groups is 1. The molecular formula is C12H19O2. The van der Waals surface area contributed by atoms with Crippen molar-refractivity contribution in [2.45, 2.75) is 44.9 Å². The summed E-state index contributed by atoms with van der Waals surface area (Å²) < 4.78 is 4.52. The molecule has 0 bridgehead atoms. The van der Waals surface area contributed by atoms with Crippen molar-refractivity contribution in [2.75, 3.05) is 7.11 Å². The van der Waals surface area contributed by atoms with Gasteiger partial charge in [0.05, 0.1) is 7.11 Å². The number of hydrogen-bond acceptors (Lipinski definition) is 2. The minimum atomic E-state index is -0.149. The summed E-state index contributed by atoms with van der Waals surface area (Å²) in [6, 6.07) is 0. The Bertz CT molecular complexity index is 198. The highest BCUT2D eigenvalue weighted by Crippen LogP contribution is 1.98. The second kappa shape index (κ2) is 10.1. The molecule has 2 nitrogen and oxygen atoms in total. The summed E-state index contributed by atoms with van der Waals surface area (Å²) in [4.78, 5) is 10.7. The third-order valence-corrected chi connectivity index (χ3v) is 1.84. The molecule has 14 heavy (non-hydrogen) atoms. The molecule has 0 aliphatic carbocycles. The van der Waals surface area contributed by atoms with Crippen LogP contribution in [0.4, 0.5) is 0 Å². The summed E-state index contributed by atoms with van der Waals surface area (Å²) in [5, 5.41) is 0. The monoisotopic (exact) mass is 195 g/mol. The zero-order valence-electron chi connectivity index (χ0n) is 8.97. The lowest BCUT2D eigenvalue weighted by atomic mass is 10.2. The maximum Gasteiger partial charge on any atom is 0.305 e. The van der Waals surface area contributed by atoms with Gasteiger partial charge in [0.1, 0.15) is 0 Å². The lowest BCUT2D eigenvalue weighted by Gasteiger charge is -1.94. The van der Waals surface area contributed by atoms with E-state index >= 15 is 0 Å². The summed E-state index contributed by atoms with van der Waals surface area (Å²) in [5.41, 5.74) is 0. The van der Waals surface area contributed by atoms with Crippen LogP contribution in [0.1, 0.15) is 44.9 Å². The molecule has 0 heterocycles. The van der Waals surface area contributed by atoms with Gasteiger partial charge in [-0.1, -0.05) is 19.8 Å². The summed E-state index contributed by atoms with van der Waals surface area (Å²) in [6.07, 6.45) is 6.29. The third kappa shape index (κ3) is 9.12. The van der Waals surface area contributed by atoms with Crippen LogP contribution in [-0.2, 0) is 9.53 Å². The van der Waals surface area contributed by atoms with Crippen LogP contribution in [-0.4, -0.2) is 13.1 Å². The van der Waals surface area contributed by atoms with Gasteiger partial charge in [0.2, 0.25) is 0 Å². The average molecular weight is 195 g/mol. The second-order valence-electron chi connectivity index (χ2n) is 3.09. The van der Waals surface area contributed by atoms with Crippen LogP contribution < -0.4 is 0 Å². The summed E-state index contributed by atoms with van der Waals surface area (Å²) >= 11 is 0. The maximum atomic E-state index is 10.7. The van der Waals surface area contributed by atoms with Crippen LogP contribution in [0.5, 0.6) is 0 Å². The summed E-state index contributed by atoms with van der Waals surface area (Å²) in [6.45, 7) is 3.76.